The highest BCUT2D eigenvalue weighted by Crippen LogP contribution is 2.38. The lowest BCUT2D eigenvalue weighted by molar-refractivity contribution is -0.0686. The molecule has 6 heteroatoms. The van der Waals surface area contributed by atoms with Gasteiger partial charge in [-0.05, 0) is 51.4 Å². The number of hydrogen-bond acceptors (Lipinski definition) is 2. The SMILES string of the molecule is IC1CCC(I)C2CCC1O2.IC1CCC2OC1CCC2I. The van der Waals surface area contributed by atoms with Crippen LogP contribution in [0.2, 0.25) is 0 Å². The van der Waals surface area contributed by atoms with Crippen molar-refractivity contribution in [2.24, 2.45) is 0 Å². The van der Waals surface area contributed by atoms with Crippen molar-refractivity contribution in [3.8, 4) is 0 Å². The Labute approximate surface area is 188 Å². The first kappa shape index (κ1) is 19.6. The first-order valence-corrected chi connectivity index (χ1v) is 13.4. The molecule has 8 atom stereocenters. The Morgan fingerprint density at radius 3 is 0.955 bits per heavy atom. The molecule has 4 aliphatic heterocycles. The van der Waals surface area contributed by atoms with Crippen molar-refractivity contribution in [3.63, 3.8) is 0 Å². The van der Waals surface area contributed by atoms with Gasteiger partial charge in [0.1, 0.15) is 0 Å². The summed E-state index contributed by atoms with van der Waals surface area (Å²) in [5.41, 5.74) is 0. The fourth-order valence-corrected chi connectivity index (χ4v) is 7.38. The van der Waals surface area contributed by atoms with Crippen LogP contribution in [0.15, 0.2) is 0 Å². The van der Waals surface area contributed by atoms with Gasteiger partial charge in [0.25, 0.3) is 0 Å². The average Bonchev–Trinajstić information content (AvgIpc) is 2.97. The van der Waals surface area contributed by atoms with E-state index < -0.39 is 0 Å². The predicted molar refractivity (Wildman–Crippen MR) is 125 cm³/mol. The summed E-state index contributed by atoms with van der Waals surface area (Å²) in [5.74, 6) is 0. The van der Waals surface area contributed by atoms with Crippen molar-refractivity contribution >= 4 is 90.4 Å². The van der Waals surface area contributed by atoms with E-state index in [-0.39, 0.29) is 0 Å². The van der Waals surface area contributed by atoms with Gasteiger partial charge in [-0.25, -0.2) is 0 Å². The number of halogens is 4. The molecule has 4 fully saturated rings. The van der Waals surface area contributed by atoms with Crippen LogP contribution in [0, 0.1) is 0 Å². The lowest BCUT2D eigenvalue weighted by atomic mass is 9.92. The van der Waals surface area contributed by atoms with Gasteiger partial charge in [-0.3, -0.25) is 0 Å². The van der Waals surface area contributed by atoms with Crippen LogP contribution in [0.25, 0.3) is 0 Å². The van der Waals surface area contributed by atoms with Crippen molar-refractivity contribution in [2.45, 2.75) is 91.5 Å². The average molecular weight is 756 g/mol. The van der Waals surface area contributed by atoms with E-state index >= 15 is 0 Å². The molecule has 0 spiro atoms. The van der Waals surface area contributed by atoms with Gasteiger partial charge in [-0.2, -0.15) is 0 Å². The lowest BCUT2D eigenvalue weighted by Crippen LogP contribution is -2.44. The van der Waals surface area contributed by atoms with E-state index in [0.717, 1.165) is 15.7 Å². The summed E-state index contributed by atoms with van der Waals surface area (Å²) >= 11 is 10.2. The zero-order chi connectivity index (χ0) is 15.7. The van der Waals surface area contributed by atoms with Crippen molar-refractivity contribution < 1.29 is 9.47 Å². The van der Waals surface area contributed by atoms with E-state index in [0.29, 0.717) is 24.4 Å². The monoisotopic (exact) mass is 756 g/mol. The summed E-state index contributed by atoms with van der Waals surface area (Å²) in [4.78, 5) is 0. The quantitative estimate of drug-likeness (QED) is 0.228. The highest BCUT2D eigenvalue weighted by molar-refractivity contribution is 14.1. The Hall–Kier alpha value is 2.84. The topological polar surface area (TPSA) is 18.5 Å². The third kappa shape index (κ3) is 4.97. The molecule has 4 rings (SSSR count). The van der Waals surface area contributed by atoms with E-state index in [1.807, 2.05) is 0 Å². The van der Waals surface area contributed by atoms with E-state index in [9.17, 15) is 0 Å². The van der Waals surface area contributed by atoms with Crippen molar-refractivity contribution in [2.75, 3.05) is 0 Å². The number of fused-ring (bicyclic) bond motifs is 4. The van der Waals surface area contributed by atoms with Crippen LogP contribution in [0.3, 0.4) is 0 Å². The summed E-state index contributed by atoms with van der Waals surface area (Å²) in [5, 5.41) is 0. The van der Waals surface area contributed by atoms with E-state index in [2.05, 4.69) is 90.4 Å². The smallest absolute Gasteiger partial charge is 0.0697 e. The molecule has 0 radical (unpaired) electrons. The van der Waals surface area contributed by atoms with Gasteiger partial charge in [-0.1, -0.05) is 90.4 Å². The van der Waals surface area contributed by atoms with Gasteiger partial charge in [0, 0.05) is 15.7 Å². The van der Waals surface area contributed by atoms with Crippen molar-refractivity contribution in [1.29, 1.82) is 0 Å². The third-order valence-corrected chi connectivity index (χ3v) is 10.9. The molecule has 4 bridgehead atoms. The second kappa shape index (κ2) is 9.16. The van der Waals surface area contributed by atoms with Gasteiger partial charge >= 0.3 is 0 Å². The third-order valence-electron chi connectivity index (χ3n) is 5.22. The Bertz CT molecular complexity index is 336. The maximum absolute atomic E-state index is 5.93. The van der Waals surface area contributed by atoms with Gasteiger partial charge in [0.05, 0.1) is 24.4 Å². The van der Waals surface area contributed by atoms with Crippen LogP contribution < -0.4 is 0 Å². The molecule has 128 valence electrons. The largest absolute Gasteiger partial charge is 0.373 e. The van der Waals surface area contributed by atoms with E-state index in [1.165, 1.54) is 51.4 Å². The standard InChI is InChI=1S/2C8H12I2O/c9-5-1-3-7-6(10)2-4-8(5)11-7;9-5-1-2-6(10)8-4-3-7(5)11-8/h2*5-8H,1-4H2. The van der Waals surface area contributed by atoms with Crippen molar-refractivity contribution in [3.05, 3.63) is 0 Å². The van der Waals surface area contributed by atoms with Gasteiger partial charge in [0.15, 0.2) is 0 Å². The molecular weight excluding hydrogens is 732 g/mol. The van der Waals surface area contributed by atoms with Crippen LogP contribution in [0.1, 0.15) is 51.4 Å². The molecule has 0 saturated carbocycles. The molecular formula is C16H24I4O2. The molecule has 2 nitrogen and oxygen atoms in total. The molecule has 8 unspecified atom stereocenters. The minimum atomic E-state index is 0.584. The summed E-state index contributed by atoms with van der Waals surface area (Å²) in [6, 6.07) is 0. The maximum Gasteiger partial charge on any atom is 0.0697 e. The van der Waals surface area contributed by atoms with Crippen LogP contribution in [0.4, 0.5) is 0 Å². The van der Waals surface area contributed by atoms with E-state index in [4.69, 9.17) is 9.47 Å². The van der Waals surface area contributed by atoms with Crippen LogP contribution in [-0.2, 0) is 9.47 Å². The molecule has 4 heterocycles. The van der Waals surface area contributed by atoms with Gasteiger partial charge in [-0.15, -0.1) is 0 Å². The summed E-state index contributed by atoms with van der Waals surface area (Å²) in [6.45, 7) is 0. The number of ether oxygens (including phenoxy) is 2. The first-order chi connectivity index (χ1) is 10.5. The first-order valence-electron chi connectivity index (χ1n) is 8.42. The normalized spacial score (nSPS) is 50.7. The number of alkyl halides is 4. The molecule has 0 N–H and O–H groups in total. The van der Waals surface area contributed by atoms with Crippen LogP contribution >= 0.6 is 90.4 Å². The fourth-order valence-electron chi connectivity index (χ4n) is 3.82. The molecule has 0 amide bonds. The maximum atomic E-state index is 5.93. The summed E-state index contributed by atoms with van der Waals surface area (Å²) in [6.07, 6.45) is 13.0. The molecule has 0 aromatic rings. The Morgan fingerprint density at radius 1 is 0.409 bits per heavy atom. The fraction of sp³-hybridized carbons (Fsp3) is 1.00. The highest BCUT2D eigenvalue weighted by atomic mass is 127. The number of hydrogen-bond donors (Lipinski definition) is 0. The minimum Gasteiger partial charge on any atom is -0.373 e. The molecule has 22 heavy (non-hydrogen) atoms. The summed E-state index contributed by atoms with van der Waals surface area (Å²) in [7, 11) is 0. The van der Waals surface area contributed by atoms with Crippen LogP contribution in [0.5, 0.6) is 0 Å². The Morgan fingerprint density at radius 2 is 0.636 bits per heavy atom. The Kier molecular flexibility index (Phi) is 8.16. The van der Waals surface area contributed by atoms with E-state index in [1.54, 1.807) is 0 Å². The zero-order valence-electron chi connectivity index (χ0n) is 12.6. The summed E-state index contributed by atoms with van der Waals surface area (Å²) < 4.78 is 15.0. The lowest BCUT2D eigenvalue weighted by Gasteiger charge is -2.41. The highest BCUT2D eigenvalue weighted by Gasteiger charge is 2.38. The molecule has 0 aromatic carbocycles. The zero-order valence-corrected chi connectivity index (χ0v) is 21.2. The number of rotatable bonds is 0. The predicted octanol–water partition coefficient (Wildman–Crippen LogP) is 5.87. The van der Waals surface area contributed by atoms with Crippen LogP contribution in [-0.4, -0.2) is 40.1 Å². The minimum absolute atomic E-state index is 0.584. The van der Waals surface area contributed by atoms with Gasteiger partial charge in [0.2, 0.25) is 0 Å². The molecule has 4 saturated heterocycles. The van der Waals surface area contributed by atoms with Crippen molar-refractivity contribution in [1.82, 2.24) is 0 Å². The molecule has 4 aliphatic rings. The molecule has 0 aliphatic carbocycles. The Balaban J connectivity index is 0.000000131. The second-order valence-electron chi connectivity index (χ2n) is 6.80. The van der Waals surface area contributed by atoms with Gasteiger partial charge < -0.3 is 9.47 Å². The second-order valence-corrected chi connectivity index (χ2v) is 13.2. The molecule has 0 aromatic heterocycles.